The SMILES string of the molecule is CC(C)(C)c1cc(-c2ccccc2)c(N2c3cc(-n4c5ccccc5c5ccccc54)ccc3B3c4cc(-c5ccccc5)cc5c4N(c4ccc(-c6ccccc6)cc4-c4ccccc4Oc4ccccc4-5)c4cc(-n5c6ccccc6c6ccccc65)cc2c43)c(-c2ccccc2)c1. The minimum absolute atomic E-state index is 0.215. The van der Waals surface area contributed by atoms with Crippen molar-refractivity contribution in [3.05, 3.63) is 345 Å². The van der Waals surface area contributed by atoms with E-state index in [4.69, 9.17) is 4.74 Å². The van der Waals surface area contributed by atoms with Crippen molar-refractivity contribution in [3.63, 3.8) is 0 Å². The van der Waals surface area contributed by atoms with Gasteiger partial charge in [-0.25, -0.2) is 0 Å². The van der Waals surface area contributed by atoms with E-state index in [9.17, 15) is 0 Å². The minimum atomic E-state index is -0.325. The number of aromatic nitrogens is 2. The summed E-state index contributed by atoms with van der Waals surface area (Å²) in [7, 11) is 0. The van der Waals surface area contributed by atoms with Crippen molar-refractivity contribution >= 4 is 101 Å². The van der Waals surface area contributed by atoms with Crippen molar-refractivity contribution in [2.75, 3.05) is 9.80 Å². The van der Waals surface area contributed by atoms with Crippen LogP contribution in [0, 0.1) is 0 Å². The van der Waals surface area contributed by atoms with E-state index in [0.717, 1.165) is 146 Å². The van der Waals surface area contributed by atoms with E-state index in [2.05, 4.69) is 379 Å². The molecule has 0 saturated carbocycles. The summed E-state index contributed by atoms with van der Waals surface area (Å²) in [6, 6.07) is 127. The van der Waals surface area contributed by atoms with Gasteiger partial charge in [-0.1, -0.05) is 269 Å². The maximum absolute atomic E-state index is 7.48. The van der Waals surface area contributed by atoms with Gasteiger partial charge in [0.1, 0.15) is 11.5 Å². The number of ether oxygens (including phenoxy) is 1. The summed E-state index contributed by atoms with van der Waals surface area (Å²) in [5.74, 6) is 1.56. The average molecular weight is 1280 g/mol. The quantitative estimate of drug-likeness (QED) is 0.149. The predicted octanol–water partition coefficient (Wildman–Crippen LogP) is 23.4. The number of para-hydroxylation sites is 6. The van der Waals surface area contributed by atoms with Crippen molar-refractivity contribution < 1.29 is 4.74 Å². The molecule has 20 rings (SSSR count). The second-order valence-electron chi connectivity index (χ2n) is 27.9. The Hall–Kier alpha value is -12.6. The van der Waals surface area contributed by atoms with Gasteiger partial charge in [-0.2, -0.15) is 0 Å². The molecule has 0 radical (unpaired) electrons. The Balaban J connectivity index is 1.01. The average Bonchev–Trinajstić information content (AvgIpc) is 0.747. The molecule has 100 heavy (non-hydrogen) atoms. The number of rotatable bonds is 7. The molecule has 0 atom stereocenters. The lowest BCUT2D eigenvalue weighted by Crippen LogP contribution is -2.61. The van der Waals surface area contributed by atoms with E-state index in [-0.39, 0.29) is 12.1 Å². The first-order valence-corrected chi connectivity index (χ1v) is 34.8. The Morgan fingerprint density at radius 3 is 1.21 bits per heavy atom. The summed E-state index contributed by atoms with van der Waals surface area (Å²) >= 11 is 0. The molecule has 0 bridgehead atoms. The van der Waals surface area contributed by atoms with Gasteiger partial charge in [0.05, 0.1) is 39.1 Å². The van der Waals surface area contributed by atoms with E-state index in [1.54, 1.807) is 0 Å². The summed E-state index contributed by atoms with van der Waals surface area (Å²) < 4.78 is 12.5. The van der Waals surface area contributed by atoms with Crippen LogP contribution in [0.25, 0.3) is 122 Å². The van der Waals surface area contributed by atoms with Gasteiger partial charge >= 0.3 is 0 Å². The molecular formula is C94H65BN4O. The van der Waals surface area contributed by atoms with E-state index < -0.39 is 0 Å². The molecule has 0 amide bonds. The van der Waals surface area contributed by atoms with Crippen LogP contribution in [0.4, 0.5) is 34.1 Å². The molecule has 6 heteroatoms. The Kier molecular flexibility index (Phi) is 12.9. The van der Waals surface area contributed by atoms with Gasteiger partial charge in [-0.05, 0) is 152 Å². The van der Waals surface area contributed by atoms with Gasteiger partial charge in [0.15, 0.2) is 0 Å². The molecule has 0 unspecified atom stereocenters. The zero-order chi connectivity index (χ0) is 66.3. The Morgan fingerprint density at radius 2 is 0.690 bits per heavy atom. The predicted molar refractivity (Wildman–Crippen MR) is 421 cm³/mol. The molecule has 17 aromatic rings. The molecule has 0 spiro atoms. The Morgan fingerprint density at radius 1 is 0.270 bits per heavy atom. The topological polar surface area (TPSA) is 25.6 Å². The van der Waals surface area contributed by atoms with Gasteiger partial charge in [0.25, 0.3) is 6.71 Å². The molecule has 0 aliphatic carbocycles. The molecule has 2 aromatic heterocycles. The Labute approximate surface area is 582 Å². The first kappa shape index (κ1) is 57.6. The van der Waals surface area contributed by atoms with Crippen LogP contribution in [0.2, 0.25) is 0 Å². The van der Waals surface area contributed by atoms with Crippen molar-refractivity contribution in [1.82, 2.24) is 9.13 Å². The fraction of sp³-hybridized carbons (Fsp3) is 0.0426. The lowest BCUT2D eigenvalue weighted by atomic mass is 9.33. The fourth-order valence-electron chi connectivity index (χ4n) is 16.7. The highest BCUT2D eigenvalue weighted by Gasteiger charge is 2.47. The summed E-state index contributed by atoms with van der Waals surface area (Å²) in [6.07, 6.45) is 0. The van der Waals surface area contributed by atoms with Crippen LogP contribution in [0.5, 0.6) is 11.5 Å². The molecular weight excluding hydrogens is 1210 g/mol. The maximum Gasteiger partial charge on any atom is 0.252 e. The maximum atomic E-state index is 7.48. The summed E-state index contributed by atoms with van der Waals surface area (Å²) in [5, 5.41) is 4.82. The molecule has 3 aliphatic rings. The van der Waals surface area contributed by atoms with E-state index >= 15 is 0 Å². The minimum Gasteiger partial charge on any atom is -0.456 e. The number of hydrogen-bond acceptors (Lipinski definition) is 3. The van der Waals surface area contributed by atoms with Gasteiger partial charge in [0.2, 0.25) is 0 Å². The highest BCUT2D eigenvalue weighted by Crippen LogP contribution is 2.57. The van der Waals surface area contributed by atoms with Crippen LogP contribution in [0.15, 0.2) is 340 Å². The van der Waals surface area contributed by atoms with Crippen LogP contribution in [0.1, 0.15) is 26.3 Å². The normalized spacial score (nSPS) is 12.8. The van der Waals surface area contributed by atoms with E-state index in [1.165, 1.54) is 43.5 Å². The summed E-state index contributed by atoms with van der Waals surface area (Å²) in [6.45, 7) is 6.72. The van der Waals surface area contributed by atoms with Crippen LogP contribution in [-0.4, -0.2) is 15.8 Å². The van der Waals surface area contributed by atoms with E-state index in [0.29, 0.717) is 0 Å². The van der Waals surface area contributed by atoms with Crippen LogP contribution < -0.4 is 30.9 Å². The third-order valence-electron chi connectivity index (χ3n) is 21.2. The highest BCUT2D eigenvalue weighted by molar-refractivity contribution is 7.00. The third kappa shape index (κ3) is 8.89. The van der Waals surface area contributed by atoms with Gasteiger partial charge in [-0.15, -0.1) is 0 Å². The molecule has 5 nitrogen and oxygen atoms in total. The van der Waals surface area contributed by atoms with Gasteiger partial charge in [-0.3, -0.25) is 0 Å². The smallest absolute Gasteiger partial charge is 0.252 e. The highest BCUT2D eigenvalue weighted by atomic mass is 16.5. The van der Waals surface area contributed by atoms with Crippen LogP contribution in [-0.2, 0) is 5.41 Å². The molecule has 3 aliphatic heterocycles. The number of fused-ring (bicyclic) bond motifs is 16. The number of anilines is 6. The van der Waals surface area contributed by atoms with Crippen molar-refractivity contribution in [3.8, 4) is 89.6 Å². The van der Waals surface area contributed by atoms with Crippen molar-refractivity contribution in [2.45, 2.75) is 26.2 Å². The zero-order valence-corrected chi connectivity index (χ0v) is 55.6. The number of benzene rings is 15. The monoisotopic (exact) mass is 1280 g/mol. The molecule has 5 heterocycles. The van der Waals surface area contributed by atoms with Gasteiger partial charge in [0, 0.05) is 83.4 Å². The van der Waals surface area contributed by atoms with Crippen molar-refractivity contribution in [1.29, 1.82) is 0 Å². The standard InChI is InChI=1S/C94H65BN4O/c1-94(2,3)66-55-75(62-32-12-6-13-33-62)92(76(56-66)63-34-14-7-15-35-63)99-86-57-67(96-81-42-22-16-36-69(81)70-37-17-23-43-82(70)96)49-50-79(86)95-80-54-65(61-30-10-5-11-31-61)53-78-74-41-21-27-47-90(74)100-89-46-26-20-40-73(89)77-52-64(60-28-8-4-9-29-60)48-51-85(77)98(93(78)80)87-58-68(59-88(99)91(87)95)97-83-44-24-18-38-71(83)72-39-19-25-45-84(72)97/h4-59H,1-3H3. The van der Waals surface area contributed by atoms with Crippen molar-refractivity contribution in [2.24, 2.45) is 0 Å². The number of hydrogen-bond donors (Lipinski definition) is 0. The van der Waals surface area contributed by atoms with E-state index in [1.807, 2.05) is 0 Å². The van der Waals surface area contributed by atoms with Gasteiger partial charge < -0.3 is 23.7 Å². The number of nitrogens with zero attached hydrogens (tertiary/aromatic N) is 4. The van der Waals surface area contributed by atoms with Crippen LogP contribution in [0.3, 0.4) is 0 Å². The first-order chi connectivity index (χ1) is 49.3. The lowest BCUT2D eigenvalue weighted by Gasteiger charge is -2.46. The fourth-order valence-corrected chi connectivity index (χ4v) is 16.7. The molecule has 15 aromatic carbocycles. The summed E-state index contributed by atoms with van der Waals surface area (Å²) in [4.78, 5) is 5.38. The molecule has 470 valence electrons. The second kappa shape index (κ2) is 22.5. The zero-order valence-electron chi connectivity index (χ0n) is 55.6. The Bertz CT molecular complexity index is 6020. The largest absolute Gasteiger partial charge is 0.456 e. The molecule has 0 fully saturated rings. The molecule has 0 saturated heterocycles. The molecule has 0 N–H and O–H groups in total. The second-order valence-corrected chi connectivity index (χ2v) is 27.9. The third-order valence-corrected chi connectivity index (χ3v) is 21.2. The van der Waals surface area contributed by atoms with Crippen LogP contribution >= 0.6 is 0 Å². The summed E-state index contributed by atoms with van der Waals surface area (Å²) in [5.41, 5.74) is 31.0. The lowest BCUT2D eigenvalue weighted by molar-refractivity contribution is 0.486. The first-order valence-electron chi connectivity index (χ1n) is 34.8.